The Morgan fingerprint density at radius 3 is 2.39 bits per heavy atom. The van der Waals surface area contributed by atoms with Crippen molar-refractivity contribution in [2.75, 3.05) is 0 Å². The van der Waals surface area contributed by atoms with Gasteiger partial charge in [0.25, 0.3) is 0 Å². The van der Waals surface area contributed by atoms with Crippen LogP contribution in [0.5, 0.6) is 5.75 Å². The van der Waals surface area contributed by atoms with Gasteiger partial charge in [0.15, 0.2) is 0 Å². The van der Waals surface area contributed by atoms with Crippen LogP contribution >= 0.6 is 0 Å². The van der Waals surface area contributed by atoms with Crippen molar-refractivity contribution in [3.8, 4) is 16.9 Å². The second-order valence-corrected chi connectivity index (χ2v) is 3.58. The summed E-state index contributed by atoms with van der Waals surface area (Å²) in [6, 6.07) is 3.61. The number of halogens is 4. The molecule has 1 aromatic heterocycles. The molecule has 0 atom stereocenters. The molecule has 0 bridgehead atoms. The van der Waals surface area contributed by atoms with E-state index in [1.807, 2.05) is 0 Å². The van der Waals surface area contributed by atoms with E-state index < -0.39 is 23.3 Å². The number of alkyl halides is 3. The molecule has 18 heavy (non-hydrogen) atoms. The first-order valence-electron chi connectivity index (χ1n) is 4.89. The molecule has 0 fully saturated rings. The lowest BCUT2D eigenvalue weighted by atomic mass is 10.0. The molecule has 2 aromatic rings. The Hall–Kier alpha value is -2.11. The van der Waals surface area contributed by atoms with Crippen LogP contribution in [0.1, 0.15) is 5.56 Å². The van der Waals surface area contributed by atoms with Crippen LogP contribution < -0.4 is 0 Å². The summed E-state index contributed by atoms with van der Waals surface area (Å²) in [6.07, 6.45) is -2.58. The molecule has 94 valence electrons. The standard InChI is InChI=1S/C12H7F4NO/c13-7-1-2-8(11(18)5-7)9-6-17-4-3-10(9)12(14,15)16/h1-6,18H. The Labute approximate surface area is 99.5 Å². The van der Waals surface area contributed by atoms with Gasteiger partial charge < -0.3 is 5.11 Å². The zero-order valence-electron chi connectivity index (χ0n) is 8.87. The van der Waals surface area contributed by atoms with Gasteiger partial charge in [0.2, 0.25) is 0 Å². The third-order valence-corrected chi connectivity index (χ3v) is 2.38. The van der Waals surface area contributed by atoms with Crippen molar-refractivity contribution in [3.05, 3.63) is 48.0 Å². The van der Waals surface area contributed by atoms with Crippen molar-refractivity contribution in [2.45, 2.75) is 6.18 Å². The lowest BCUT2D eigenvalue weighted by Gasteiger charge is -2.13. The average Bonchev–Trinajstić information content (AvgIpc) is 2.28. The number of phenolic OH excluding ortho intramolecular Hbond substituents is 1. The highest BCUT2D eigenvalue weighted by Gasteiger charge is 2.34. The summed E-state index contributed by atoms with van der Waals surface area (Å²) in [6.45, 7) is 0. The molecule has 0 unspecified atom stereocenters. The average molecular weight is 257 g/mol. The van der Waals surface area contributed by atoms with E-state index in [9.17, 15) is 22.7 Å². The van der Waals surface area contributed by atoms with Crippen LogP contribution in [0.15, 0.2) is 36.7 Å². The third kappa shape index (κ3) is 2.27. The number of nitrogens with zero attached hydrogens (tertiary/aromatic N) is 1. The van der Waals surface area contributed by atoms with Gasteiger partial charge in [-0.25, -0.2) is 4.39 Å². The SMILES string of the molecule is Oc1cc(F)ccc1-c1cnccc1C(F)(F)F. The van der Waals surface area contributed by atoms with Gasteiger partial charge in [0, 0.05) is 29.6 Å². The molecule has 2 rings (SSSR count). The lowest BCUT2D eigenvalue weighted by Crippen LogP contribution is -2.07. The fourth-order valence-electron chi connectivity index (χ4n) is 1.59. The van der Waals surface area contributed by atoms with Crippen LogP contribution in [0.3, 0.4) is 0 Å². The normalized spacial score (nSPS) is 11.6. The van der Waals surface area contributed by atoms with E-state index in [1.54, 1.807) is 0 Å². The van der Waals surface area contributed by atoms with Crippen molar-refractivity contribution in [3.63, 3.8) is 0 Å². The number of benzene rings is 1. The number of pyridine rings is 1. The minimum Gasteiger partial charge on any atom is -0.507 e. The van der Waals surface area contributed by atoms with Crippen molar-refractivity contribution >= 4 is 0 Å². The number of rotatable bonds is 1. The minimum absolute atomic E-state index is 0.114. The maximum absolute atomic E-state index is 12.8. The van der Waals surface area contributed by atoms with Gasteiger partial charge >= 0.3 is 6.18 Å². The van der Waals surface area contributed by atoms with Gasteiger partial charge in [-0.2, -0.15) is 13.2 Å². The van der Waals surface area contributed by atoms with Crippen LogP contribution in [-0.2, 0) is 6.18 Å². The number of aromatic nitrogens is 1. The molecule has 0 saturated carbocycles. The fraction of sp³-hybridized carbons (Fsp3) is 0.0833. The van der Waals surface area contributed by atoms with Crippen molar-refractivity contribution in [1.29, 1.82) is 0 Å². The number of hydrogen-bond acceptors (Lipinski definition) is 2. The van der Waals surface area contributed by atoms with Crippen LogP contribution in [0.4, 0.5) is 17.6 Å². The van der Waals surface area contributed by atoms with Gasteiger partial charge in [-0.05, 0) is 18.2 Å². The van der Waals surface area contributed by atoms with Crippen LogP contribution in [0, 0.1) is 5.82 Å². The molecular weight excluding hydrogens is 250 g/mol. The van der Waals surface area contributed by atoms with Crippen LogP contribution in [0.2, 0.25) is 0 Å². The van der Waals surface area contributed by atoms with Gasteiger partial charge in [-0.1, -0.05) is 0 Å². The smallest absolute Gasteiger partial charge is 0.417 e. The molecule has 0 amide bonds. The lowest BCUT2D eigenvalue weighted by molar-refractivity contribution is -0.137. The van der Waals surface area contributed by atoms with E-state index in [2.05, 4.69) is 4.98 Å². The molecule has 0 radical (unpaired) electrons. The zero-order valence-corrected chi connectivity index (χ0v) is 8.87. The molecule has 0 aliphatic heterocycles. The molecule has 0 saturated heterocycles. The first-order chi connectivity index (χ1) is 8.39. The topological polar surface area (TPSA) is 33.1 Å². The van der Waals surface area contributed by atoms with Gasteiger partial charge in [0.05, 0.1) is 5.56 Å². The summed E-state index contributed by atoms with van der Waals surface area (Å²) in [7, 11) is 0. The molecule has 0 aliphatic rings. The predicted octanol–water partition coefficient (Wildman–Crippen LogP) is 3.61. The van der Waals surface area contributed by atoms with Crippen molar-refractivity contribution < 1.29 is 22.7 Å². The summed E-state index contributed by atoms with van der Waals surface area (Å²) in [5, 5.41) is 9.50. The molecule has 2 nitrogen and oxygen atoms in total. The van der Waals surface area contributed by atoms with E-state index in [4.69, 9.17) is 0 Å². The summed E-state index contributed by atoms with van der Waals surface area (Å²) < 4.78 is 51.1. The monoisotopic (exact) mass is 257 g/mol. The summed E-state index contributed by atoms with van der Waals surface area (Å²) in [5.41, 5.74) is -1.33. The second-order valence-electron chi connectivity index (χ2n) is 3.58. The first-order valence-corrected chi connectivity index (χ1v) is 4.89. The maximum atomic E-state index is 12.8. The Morgan fingerprint density at radius 2 is 1.78 bits per heavy atom. The van der Waals surface area contributed by atoms with Crippen molar-refractivity contribution in [2.24, 2.45) is 0 Å². The summed E-state index contributed by atoms with van der Waals surface area (Å²) in [4.78, 5) is 3.59. The minimum atomic E-state index is -4.57. The molecule has 1 heterocycles. The third-order valence-electron chi connectivity index (χ3n) is 2.38. The summed E-state index contributed by atoms with van der Waals surface area (Å²) in [5.74, 6) is -1.29. The molecule has 6 heteroatoms. The van der Waals surface area contributed by atoms with Crippen molar-refractivity contribution in [1.82, 2.24) is 4.98 Å². The highest BCUT2D eigenvalue weighted by Crippen LogP contribution is 2.39. The van der Waals surface area contributed by atoms with E-state index in [-0.39, 0.29) is 11.1 Å². The number of hydrogen-bond donors (Lipinski definition) is 1. The largest absolute Gasteiger partial charge is 0.507 e. The number of phenols is 1. The Bertz CT molecular complexity index is 581. The van der Waals surface area contributed by atoms with E-state index in [1.165, 1.54) is 0 Å². The molecule has 1 N–H and O–H groups in total. The molecule has 1 aromatic carbocycles. The van der Waals surface area contributed by atoms with Gasteiger partial charge in [0.1, 0.15) is 11.6 Å². The second kappa shape index (κ2) is 4.29. The predicted molar refractivity (Wildman–Crippen MR) is 56.3 cm³/mol. The Morgan fingerprint density at radius 1 is 1.06 bits per heavy atom. The quantitative estimate of drug-likeness (QED) is 0.791. The molecular formula is C12H7F4NO. The van der Waals surface area contributed by atoms with Crippen LogP contribution in [0.25, 0.3) is 11.1 Å². The van der Waals surface area contributed by atoms with Gasteiger partial charge in [-0.15, -0.1) is 0 Å². The first kappa shape index (κ1) is 12.3. The molecule has 0 spiro atoms. The highest BCUT2D eigenvalue weighted by molar-refractivity contribution is 5.72. The number of aromatic hydroxyl groups is 1. The summed E-state index contributed by atoms with van der Waals surface area (Å²) >= 11 is 0. The van der Waals surface area contributed by atoms with E-state index in [0.29, 0.717) is 0 Å². The van der Waals surface area contributed by atoms with E-state index >= 15 is 0 Å². The van der Waals surface area contributed by atoms with Gasteiger partial charge in [-0.3, -0.25) is 4.98 Å². The Kier molecular flexibility index (Phi) is 2.94. The molecule has 0 aliphatic carbocycles. The van der Waals surface area contributed by atoms with E-state index in [0.717, 1.165) is 36.7 Å². The van der Waals surface area contributed by atoms with Crippen LogP contribution in [-0.4, -0.2) is 10.1 Å². The highest BCUT2D eigenvalue weighted by atomic mass is 19.4. The maximum Gasteiger partial charge on any atom is 0.417 e. The fourth-order valence-corrected chi connectivity index (χ4v) is 1.59. The zero-order chi connectivity index (χ0) is 13.3. The Balaban J connectivity index is 2.64.